The van der Waals surface area contributed by atoms with E-state index < -0.39 is 0 Å². The second-order valence-corrected chi connectivity index (χ2v) is 8.22. The van der Waals surface area contributed by atoms with Crippen LogP contribution in [0, 0.1) is 20.8 Å². The van der Waals surface area contributed by atoms with Crippen LogP contribution in [-0.2, 0) is 4.79 Å². The van der Waals surface area contributed by atoms with Crippen LogP contribution in [0.4, 0.5) is 0 Å². The Morgan fingerprint density at radius 3 is 2.48 bits per heavy atom. The maximum absolute atomic E-state index is 12.8. The summed E-state index contributed by atoms with van der Waals surface area (Å²) < 4.78 is 1.78. The van der Waals surface area contributed by atoms with E-state index in [0.29, 0.717) is 28.8 Å². The number of aryl methyl sites for hydroxylation is 2. The molecular weight excluding hydrogens is 334 g/mol. The summed E-state index contributed by atoms with van der Waals surface area (Å²) in [6, 6.07) is 0.947. The largest absolute Gasteiger partial charge is 0.336 e. The Bertz CT molecular complexity index is 807. The molecule has 7 heteroatoms. The lowest BCUT2D eigenvalue weighted by atomic mass is 10.2. The van der Waals surface area contributed by atoms with Crippen LogP contribution in [-0.4, -0.2) is 48.2 Å². The van der Waals surface area contributed by atoms with Crippen molar-refractivity contribution in [1.29, 1.82) is 0 Å². The fourth-order valence-corrected chi connectivity index (χ4v) is 4.43. The third kappa shape index (κ3) is 3.26. The summed E-state index contributed by atoms with van der Waals surface area (Å²) in [5, 5.41) is 5.17. The van der Waals surface area contributed by atoms with E-state index in [1.807, 2.05) is 20.8 Å². The van der Waals surface area contributed by atoms with Gasteiger partial charge in [-0.15, -0.1) is 5.10 Å². The third-order valence-electron chi connectivity index (χ3n) is 5.51. The van der Waals surface area contributed by atoms with Gasteiger partial charge in [0.15, 0.2) is 0 Å². The van der Waals surface area contributed by atoms with Gasteiger partial charge in [-0.1, -0.05) is 24.6 Å². The minimum absolute atomic E-state index is 0.246. The number of amides is 1. The Kier molecular flexibility index (Phi) is 4.43. The summed E-state index contributed by atoms with van der Waals surface area (Å²) in [4.78, 5) is 24.0. The average molecular weight is 359 g/mol. The number of carbonyl (C=O) groups is 1. The van der Waals surface area contributed by atoms with Gasteiger partial charge in [-0.25, -0.2) is 9.50 Å². The molecule has 0 aromatic carbocycles. The molecule has 0 bridgehead atoms. The standard InChI is InChI=1S/C18H25N5OS/c1-11-12(2)19-17-20-18(21-23(17)13(11)3)25-10-16(24)22(15-8-9-15)14-6-4-5-7-14/h14-15H,4-10H2,1-3H3. The van der Waals surface area contributed by atoms with E-state index in [1.165, 1.54) is 50.3 Å². The van der Waals surface area contributed by atoms with E-state index in [0.717, 1.165) is 17.0 Å². The first-order valence-electron chi connectivity index (χ1n) is 9.19. The molecule has 2 fully saturated rings. The van der Waals surface area contributed by atoms with E-state index in [1.54, 1.807) is 4.52 Å². The number of fused-ring (bicyclic) bond motifs is 1. The molecule has 0 radical (unpaired) electrons. The van der Waals surface area contributed by atoms with Gasteiger partial charge in [0.2, 0.25) is 11.1 Å². The molecule has 2 aliphatic rings. The molecule has 2 aliphatic carbocycles. The highest BCUT2D eigenvalue weighted by Gasteiger charge is 2.38. The fourth-order valence-electron chi connectivity index (χ4n) is 3.74. The van der Waals surface area contributed by atoms with Crippen LogP contribution in [0.15, 0.2) is 5.16 Å². The van der Waals surface area contributed by atoms with Gasteiger partial charge in [0, 0.05) is 23.5 Å². The van der Waals surface area contributed by atoms with Gasteiger partial charge >= 0.3 is 0 Å². The van der Waals surface area contributed by atoms with Gasteiger partial charge in [0.1, 0.15) is 0 Å². The van der Waals surface area contributed by atoms with Crippen LogP contribution < -0.4 is 0 Å². The zero-order valence-corrected chi connectivity index (χ0v) is 16.0. The topological polar surface area (TPSA) is 63.4 Å². The van der Waals surface area contributed by atoms with E-state index in [-0.39, 0.29) is 5.91 Å². The number of hydrogen-bond acceptors (Lipinski definition) is 5. The van der Waals surface area contributed by atoms with Gasteiger partial charge in [0.25, 0.3) is 5.78 Å². The molecule has 0 spiro atoms. The SMILES string of the molecule is Cc1nc2nc(SCC(=O)N(C3CCCC3)C3CC3)nn2c(C)c1C. The lowest BCUT2D eigenvalue weighted by molar-refractivity contribution is -0.131. The maximum atomic E-state index is 12.8. The second kappa shape index (κ2) is 6.59. The molecule has 0 aliphatic heterocycles. The molecule has 25 heavy (non-hydrogen) atoms. The van der Waals surface area contributed by atoms with Crippen molar-refractivity contribution in [3.63, 3.8) is 0 Å². The molecule has 2 aromatic rings. The van der Waals surface area contributed by atoms with Crippen molar-refractivity contribution in [1.82, 2.24) is 24.5 Å². The summed E-state index contributed by atoms with van der Waals surface area (Å²) in [7, 11) is 0. The number of rotatable bonds is 5. The molecule has 4 rings (SSSR count). The van der Waals surface area contributed by atoms with E-state index >= 15 is 0 Å². The van der Waals surface area contributed by atoms with Crippen LogP contribution in [0.25, 0.3) is 5.78 Å². The summed E-state index contributed by atoms with van der Waals surface area (Å²) in [6.45, 7) is 6.06. The predicted octanol–water partition coefficient (Wildman–Crippen LogP) is 3.08. The number of aromatic nitrogens is 4. The van der Waals surface area contributed by atoms with Crippen LogP contribution in [0.5, 0.6) is 0 Å². The molecule has 6 nitrogen and oxygen atoms in total. The molecule has 2 saturated carbocycles. The molecule has 0 atom stereocenters. The zero-order valence-electron chi connectivity index (χ0n) is 15.2. The Morgan fingerprint density at radius 2 is 1.80 bits per heavy atom. The minimum Gasteiger partial charge on any atom is -0.336 e. The Hall–Kier alpha value is -1.63. The van der Waals surface area contributed by atoms with Gasteiger partial charge in [-0.05, 0) is 52.0 Å². The van der Waals surface area contributed by atoms with Gasteiger partial charge in [-0.3, -0.25) is 4.79 Å². The monoisotopic (exact) mass is 359 g/mol. The maximum Gasteiger partial charge on any atom is 0.253 e. The van der Waals surface area contributed by atoms with Crippen molar-refractivity contribution in [3.05, 3.63) is 17.0 Å². The van der Waals surface area contributed by atoms with E-state index in [4.69, 9.17) is 0 Å². The lowest BCUT2D eigenvalue weighted by Gasteiger charge is -2.28. The molecular formula is C18H25N5OS. The van der Waals surface area contributed by atoms with Gasteiger partial charge in [0.05, 0.1) is 5.75 Å². The van der Waals surface area contributed by atoms with E-state index in [9.17, 15) is 4.79 Å². The third-order valence-corrected chi connectivity index (χ3v) is 6.33. The Labute approximate surface area is 152 Å². The second-order valence-electron chi connectivity index (χ2n) is 7.27. The van der Waals surface area contributed by atoms with Crippen molar-refractivity contribution in [3.8, 4) is 0 Å². The molecule has 2 heterocycles. The van der Waals surface area contributed by atoms with Crippen LogP contribution in [0.3, 0.4) is 0 Å². The van der Waals surface area contributed by atoms with E-state index in [2.05, 4.69) is 20.0 Å². The Balaban J connectivity index is 1.48. The first-order valence-corrected chi connectivity index (χ1v) is 10.2. The van der Waals surface area contributed by atoms with Crippen molar-refractivity contribution in [2.75, 3.05) is 5.75 Å². The molecule has 2 aromatic heterocycles. The molecule has 0 saturated heterocycles. The number of hydrogen-bond donors (Lipinski definition) is 0. The fraction of sp³-hybridized carbons (Fsp3) is 0.667. The highest BCUT2D eigenvalue weighted by molar-refractivity contribution is 7.99. The first kappa shape index (κ1) is 16.8. The summed E-state index contributed by atoms with van der Waals surface area (Å²) in [6.07, 6.45) is 7.18. The van der Waals surface area contributed by atoms with Crippen molar-refractivity contribution in [2.24, 2.45) is 0 Å². The smallest absolute Gasteiger partial charge is 0.253 e. The lowest BCUT2D eigenvalue weighted by Crippen LogP contribution is -2.41. The van der Waals surface area contributed by atoms with Crippen molar-refractivity contribution < 1.29 is 4.79 Å². The Morgan fingerprint density at radius 1 is 1.12 bits per heavy atom. The highest BCUT2D eigenvalue weighted by atomic mass is 32.2. The summed E-state index contributed by atoms with van der Waals surface area (Å²) in [5.74, 6) is 1.28. The van der Waals surface area contributed by atoms with Crippen LogP contribution in [0.1, 0.15) is 55.5 Å². The quantitative estimate of drug-likeness (QED) is 0.768. The summed E-state index contributed by atoms with van der Waals surface area (Å²) >= 11 is 1.43. The molecule has 1 amide bonds. The minimum atomic E-state index is 0.246. The number of nitrogens with zero attached hydrogens (tertiary/aromatic N) is 5. The highest BCUT2D eigenvalue weighted by Crippen LogP contribution is 2.35. The average Bonchev–Trinajstić information content (AvgIpc) is 3.10. The first-order chi connectivity index (χ1) is 12.0. The number of thioether (sulfide) groups is 1. The van der Waals surface area contributed by atoms with Crippen LogP contribution in [0.2, 0.25) is 0 Å². The zero-order chi connectivity index (χ0) is 17.6. The van der Waals surface area contributed by atoms with Crippen molar-refractivity contribution >= 4 is 23.4 Å². The molecule has 134 valence electrons. The molecule has 0 unspecified atom stereocenters. The normalized spacial score (nSPS) is 18.2. The predicted molar refractivity (Wildman–Crippen MR) is 97.8 cm³/mol. The summed E-state index contributed by atoms with van der Waals surface area (Å²) in [5.41, 5.74) is 3.16. The van der Waals surface area contributed by atoms with Crippen LogP contribution >= 0.6 is 11.8 Å². The number of carbonyl (C=O) groups excluding carboxylic acids is 1. The van der Waals surface area contributed by atoms with Crippen molar-refractivity contribution in [2.45, 2.75) is 76.5 Å². The van der Waals surface area contributed by atoms with Gasteiger partial charge < -0.3 is 4.90 Å². The van der Waals surface area contributed by atoms with Gasteiger partial charge in [-0.2, -0.15) is 4.98 Å². The molecule has 0 N–H and O–H groups in total.